The second kappa shape index (κ2) is 6.66. The molecule has 20 heavy (non-hydrogen) atoms. The lowest BCUT2D eigenvalue weighted by molar-refractivity contribution is 0.458. The Bertz CT molecular complexity index is 436. The molecule has 3 nitrogen and oxygen atoms in total. The predicted molar refractivity (Wildman–Crippen MR) is 81.8 cm³/mol. The van der Waals surface area contributed by atoms with E-state index in [0.29, 0.717) is 12.0 Å². The summed E-state index contributed by atoms with van der Waals surface area (Å²) in [5.41, 5.74) is 2.67. The molecular formula is C17H27N3. The largest absolute Gasteiger partial charge is 0.310 e. The fraction of sp³-hybridized carbons (Fsp3) is 0.765. The summed E-state index contributed by atoms with van der Waals surface area (Å²) >= 11 is 0. The van der Waals surface area contributed by atoms with Crippen molar-refractivity contribution in [3.8, 4) is 0 Å². The molecule has 0 amide bonds. The Morgan fingerprint density at radius 3 is 2.65 bits per heavy atom. The molecule has 3 heteroatoms. The van der Waals surface area contributed by atoms with Crippen LogP contribution in [-0.4, -0.2) is 16.5 Å². The molecule has 1 fully saturated rings. The van der Waals surface area contributed by atoms with Crippen LogP contribution in [0.3, 0.4) is 0 Å². The average molecular weight is 273 g/mol. The zero-order valence-corrected chi connectivity index (χ0v) is 12.7. The number of nitrogens with zero attached hydrogens (tertiary/aromatic N) is 2. The molecule has 110 valence electrons. The maximum atomic E-state index is 4.96. The summed E-state index contributed by atoms with van der Waals surface area (Å²) in [6.45, 7) is 3.20. The first kappa shape index (κ1) is 14.0. The third-order valence-electron chi connectivity index (χ3n) is 4.87. The summed E-state index contributed by atoms with van der Waals surface area (Å²) in [6.07, 6.45) is 13.8. The van der Waals surface area contributed by atoms with Gasteiger partial charge in [0.25, 0.3) is 0 Å². The van der Waals surface area contributed by atoms with Crippen LogP contribution < -0.4 is 5.32 Å². The summed E-state index contributed by atoms with van der Waals surface area (Å²) in [6, 6.07) is 0.479. The van der Waals surface area contributed by atoms with Gasteiger partial charge in [-0.05, 0) is 38.6 Å². The zero-order chi connectivity index (χ0) is 13.8. The highest BCUT2D eigenvalue weighted by atomic mass is 14.9. The number of nitrogens with one attached hydrogen (secondary N) is 1. The first-order valence-electron chi connectivity index (χ1n) is 8.47. The standard InChI is InChI=1S/C17H27N3/c1-2-18-15-10-7-11-16-14(15)12-19-17(20-16)13-8-5-3-4-6-9-13/h12-13,15,18H,2-11H2,1H3. The van der Waals surface area contributed by atoms with Crippen molar-refractivity contribution < 1.29 is 0 Å². The van der Waals surface area contributed by atoms with E-state index in [2.05, 4.69) is 18.4 Å². The lowest BCUT2D eigenvalue weighted by Gasteiger charge is -2.26. The van der Waals surface area contributed by atoms with Crippen LogP contribution in [0.2, 0.25) is 0 Å². The topological polar surface area (TPSA) is 37.8 Å². The van der Waals surface area contributed by atoms with Crippen LogP contribution in [0.1, 0.15) is 87.3 Å². The van der Waals surface area contributed by atoms with Crippen molar-refractivity contribution in [1.29, 1.82) is 0 Å². The van der Waals surface area contributed by atoms with E-state index in [0.717, 1.165) is 18.8 Å². The molecule has 1 atom stereocenters. The minimum atomic E-state index is 0.479. The van der Waals surface area contributed by atoms with Gasteiger partial charge in [-0.2, -0.15) is 0 Å². The molecular weight excluding hydrogens is 246 g/mol. The number of aryl methyl sites for hydroxylation is 1. The van der Waals surface area contributed by atoms with E-state index in [1.807, 2.05) is 0 Å². The van der Waals surface area contributed by atoms with Crippen molar-refractivity contribution in [3.05, 3.63) is 23.3 Å². The van der Waals surface area contributed by atoms with Crippen LogP contribution >= 0.6 is 0 Å². The molecule has 1 N–H and O–H groups in total. The Hall–Kier alpha value is -0.960. The first-order chi connectivity index (χ1) is 9.88. The number of rotatable bonds is 3. The van der Waals surface area contributed by atoms with Gasteiger partial charge in [-0.1, -0.05) is 32.6 Å². The van der Waals surface area contributed by atoms with E-state index in [4.69, 9.17) is 9.97 Å². The number of hydrogen-bond acceptors (Lipinski definition) is 3. The Balaban J connectivity index is 1.81. The average Bonchev–Trinajstić information content (AvgIpc) is 2.76. The summed E-state index contributed by atoms with van der Waals surface area (Å²) in [5, 5.41) is 3.57. The molecule has 1 saturated carbocycles. The minimum absolute atomic E-state index is 0.479. The summed E-state index contributed by atoms with van der Waals surface area (Å²) in [7, 11) is 0. The monoisotopic (exact) mass is 273 g/mol. The minimum Gasteiger partial charge on any atom is -0.310 e. The molecule has 0 aromatic carbocycles. The smallest absolute Gasteiger partial charge is 0.131 e. The van der Waals surface area contributed by atoms with Gasteiger partial charge in [0, 0.05) is 29.4 Å². The molecule has 1 aromatic heterocycles. The second-order valence-corrected chi connectivity index (χ2v) is 6.32. The quantitative estimate of drug-likeness (QED) is 0.849. The van der Waals surface area contributed by atoms with Gasteiger partial charge in [-0.3, -0.25) is 0 Å². The van der Waals surface area contributed by atoms with E-state index in [9.17, 15) is 0 Å². The van der Waals surface area contributed by atoms with Crippen LogP contribution in [0.15, 0.2) is 6.20 Å². The van der Waals surface area contributed by atoms with Gasteiger partial charge in [0.1, 0.15) is 5.82 Å². The zero-order valence-electron chi connectivity index (χ0n) is 12.7. The van der Waals surface area contributed by atoms with Crippen molar-refractivity contribution in [2.75, 3.05) is 6.54 Å². The van der Waals surface area contributed by atoms with Gasteiger partial charge < -0.3 is 5.32 Å². The predicted octanol–water partition coefficient (Wildman–Crippen LogP) is 3.90. The van der Waals surface area contributed by atoms with Gasteiger partial charge in [-0.25, -0.2) is 9.97 Å². The number of fused-ring (bicyclic) bond motifs is 1. The van der Waals surface area contributed by atoms with Gasteiger partial charge >= 0.3 is 0 Å². The van der Waals surface area contributed by atoms with E-state index < -0.39 is 0 Å². The number of hydrogen-bond donors (Lipinski definition) is 1. The second-order valence-electron chi connectivity index (χ2n) is 6.32. The highest BCUT2D eigenvalue weighted by Crippen LogP contribution is 2.32. The van der Waals surface area contributed by atoms with Crippen LogP contribution in [-0.2, 0) is 6.42 Å². The lowest BCUT2D eigenvalue weighted by atomic mass is 9.91. The molecule has 0 aliphatic heterocycles. The van der Waals surface area contributed by atoms with Gasteiger partial charge in [-0.15, -0.1) is 0 Å². The Labute approximate surface area is 122 Å². The normalized spacial score (nSPS) is 24.1. The highest BCUT2D eigenvalue weighted by Gasteiger charge is 2.23. The van der Waals surface area contributed by atoms with Crippen LogP contribution in [0, 0.1) is 0 Å². The molecule has 0 saturated heterocycles. The van der Waals surface area contributed by atoms with Crippen molar-refractivity contribution in [3.63, 3.8) is 0 Å². The van der Waals surface area contributed by atoms with E-state index in [-0.39, 0.29) is 0 Å². The Morgan fingerprint density at radius 1 is 1.10 bits per heavy atom. The first-order valence-corrected chi connectivity index (χ1v) is 8.47. The highest BCUT2D eigenvalue weighted by molar-refractivity contribution is 5.25. The molecule has 3 rings (SSSR count). The van der Waals surface area contributed by atoms with Crippen molar-refractivity contribution in [2.24, 2.45) is 0 Å². The van der Waals surface area contributed by atoms with Crippen molar-refractivity contribution in [1.82, 2.24) is 15.3 Å². The molecule has 1 unspecified atom stereocenters. The third-order valence-corrected chi connectivity index (χ3v) is 4.87. The Kier molecular flexibility index (Phi) is 4.66. The summed E-state index contributed by atoms with van der Waals surface area (Å²) in [4.78, 5) is 9.70. The van der Waals surface area contributed by atoms with E-state index >= 15 is 0 Å². The SMILES string of the molecule is CCNC1CCCc2nc(C3CCCCCC3)ncc21. The molecule has 0 bridgehead atoms. The van der Waals surface area contributed by atoms with Crippen molar-refractivity contribution in [2.45, 2.75) is 76.7 Å². The third kappa shape index (κ3) is 3.03. The molecule has 2 aliphatic carbocycles. The summed E-state index contributed by atoms with van der Waals surface area (Å²) < 4.78 is 0. The molecule has 1 aromatic rings. The van der Waals surface area contributed by atoms with Gasteiger partial charge in [0.05, 0.1) is 0 Å². The molecule has 0 radical (unpaired) electrons. The van der Waals surface area contributed by atoms with E-state index in [1.165, 1.54) is 62.6 Å². The van der Waals surface area contributed by atoms with Crippen LogP contribution in [0.25, 0.3) is 0 Å². The fourth-order valence-corrected chi connectivity index (χ4v) is 3.76. The van der Waals surface area contributed by atoms with E-state index in [1.54, 1.807) is 0 Å². The molecule has 0 spiro atoms. The van der Waals surface area contributed by atoms with Crippen molar-refractivity contribution >= 4 is 0 Å². The molecule has 2 aliphatic rings. The van der Waals surface area contributed by atoms with Gasteiger partial charge in [0.2, 0.25) is 0 Å². The van der Waals surface area contributed by atoms with Crippen LogP contribution in [0.5, 0.6) is 0 Å². The lowest BCUT2D eigenvalue weighted by Crippen LogP contribution is -2.26. The van der Waals surface area contributed by atoms with Crippen LogP contribution in [0.4, 0.5) is 0 Å². The number of aromatic nitrogens is 2. The Morgan fingerprint density at radius 2 is 1.90 bits per heavy atom. The molecule has 1 heterocycles. The summed E-state index contributed by atoms with van der Waals surface area (Å²) in [5.74, 6) is 1.74. The van der Waals surface area contributed by atoms with Gasteiger partial charge in [0.15, 0.2) is 0 Å². The fourth-order valence-electron chi connectivity index (χ4n) is 3.76. The maximum absolute atomic E-state index is 4.96. The maximum Gasteiger partial charge on any atom is 0.131 e.